The van der Waals surface area contributed by atoms with Crippen LogP contribution in [0.25, 0.3) is 5.76 Å². The molecule has 0 N–H and O–H groups in total. The Balaban J connectivity index is 1.75. The number of nitrogens with zero attached hydrogens (tertiary/aromatic N) is 1. The number of esters is 1. The van der Waals surface area contributed by atoms with Gasteiger partial charge in [0.1, 0.15) is 4.90 Å². The summed E-state index contributed by atoms with van der Waals surface area (Å²) in [6, 6.07) is 6.08. The van der Waals surface area contributed by atoms with Gasteiger partial charge in [0.15, 0.2) is 34.5 Å². The van der Waals surface area contributed by atoms with E-state index in [9.17, 15) is 34.8 Å². The van der Waals surface area contributed by atoms with E-state index in [1.165, 1.54) is 18.2 Å². The van der Waals surface area contributed by atoms with Gasteiger partial charge in [-0.1, -0.05) is 6.07 Å². The highest BCUT2D eigenvalue weighted by molar-refractivity contribution is 7.89. The number of rotatable bonds is 5. The van der Waals surface area contributed by atoms with Crippen molar-refractivity contribution in [1.29, 1.82) is 0 Å². The first-order valence-electron chi connectivity index (χ1n) is 10.0. The first kappa shape index (κ1) is 24.8. The Hall–Kier alpha value is -3.86. The van der Waals surface area contributed by atoms with Gasteiger partial charge in [-0.05, 0) is 23.8 Å². The molecule has 0 aliphatic carbocycles. The minimum atomic E-state index is -6.37. The molecular formula is C20H14F3NO11S2. The Morgan fingerprint density at radius 3 is 2.22 bits per heavy atom. The average Bonchev–Trinajstić information content (AvgIpc) is 3.48. The van der Waals surface area contributed by atoms with Crippen LogP contribution in [0.5, 0.6) is 23.0 Å². The predicted molar refractivity (Wildman–Crippen MR) is 113 cm³/mol. The molecule has 0 saturated carbocycles. The summed E-state index contributed by atoms with van der Waals surface area (Å²) in [5, 5.41) is 0. The van der Waals surface area contributed by atoms with Crippen LogP contribution in [0.15, 0.2) is 40.9 Å². The lowest BCUT2D eigenvalue weighted by Crippen LogP contribution is -2.39. The second-order valence-electron chi connectivity index (χ2n) is 7.55. The summed E-state index contributed by atoms with van der Waals surface area (Å²) < 4.78 is 121. The number of fused-ring (bicyclic) bond motifs is 3. The maximum absolute atomic E-state index is 13.7. The zero-order valence-electron chi connectivity index (χ0n) is 18.4. The summed E-state index contributed by atoms with van der Waals surface area (Å²) in [5.41, 5.74) is -7.49. The summed E-state index contributed by atoms with van der Waals surface area (Å²) in [6.07, 6.45) is 0. The zero-order valence-corrected chi connectivity index (χ0v) is 20.0. The van der Waals surface area contributed by atoms with Crippen LogP contribution in [0.1, 0.15) is 11.1 Å². The molecule has 0 radical (unpaired) electrons. The molecule has 5 rings (SSSR count). The first-order valence-corrected chi connectivity index (χ1v) is 12.9. The van der Waals surface area contributed by atoms with Crippen molar-refractivity contribution in [2.75, 3.05) is 20.7 Å². The van der Waals surface area contributed by atoms with Crippen LogP contribution in [0.3, 0.4) is 0 Å². The highest BCUT2D eigenvalue weighted by Crippen LogP contribution is 2.47. The Kier molecular flexibility index (Phi) is 5.59. The van der Waals surface area contributed by atoms with Gasteiger partial charge in [0.25, 0.3) is 10.0 Å². The molecule has 0 unspecified atom stereocenters. The maximum atomic E-state index is 13.7. The number of hydrogen-bond donors (Lipinski definition) is 0. The Morgan fingerprint density at radius 1 is 1.00 bits per heavy atom. The standard InChI is InChI=1S/C20H14F3NO11S2/c1-30-19(25)17-18(35-37(28,29)20(21,22)23)11-5-14-15(34-9-33-14)6-16(11)36(26,27)24(17)7-10-2-3-12-13(4-10)32-8-31-12/h2-6H,7-9H2,1H3. The molecule has 0 fully saturated rings. The number of carbonyl (C=O) groups excluding carboxylic acids is 1. The van der Waals surface area contributed by atoms with Crippen LogP contribution < -0.4 is 18.9 Å². The molecule has 3 heterocycles. The van der Waals surface area contributed by atoms with Crippen LogP contribution >= 0.6 is 0 Å². The predicted octanol–water partition coefficient (Wildman–Crippen LogP) is 2.06. The lowest BCUT2D eigenvalue weighted by molar-refractivity contribution is -0.137. The second-order valence-corrected chi connectivity index (χ2v) is 10.9. The monoisotopic (exact) mass is 565 g/mol. The minimum Gasteiger partial charge on any atom is -0.464 e. The van der Waals surface area contributed by atoms with Gasteiger partial charge in [-0.25, -0.2) is 13.2 Å². The lowest BCUT2D eigenvalue weighted by Gasteiger charge is -2.32. The fourth-order valence-corrected chi connectivity index (χ4v) is 5.82. The van der Waals surface area contributed by atoms with Gasteiger partial charge in [0.05, 0.1) is 13.7 Å². The third-order valence-electron chi connectivity index (χ3n) is 5.37. The van der Waals surface area contributed by atoms with E-state index in [4.69, 9.17) is 18.9 Å². The van der Waals surface area contributed by atoms with Crippen molar-refractivity contribution in [2.45, 2.75) is 16.9 Å². The molecule has 0 spiro atoms. The quantitative estimate of drug-likeness (QED) is 0.298. The summed E-state index contributed by atoms with van der Waals surface area (Å²) in [6.45, 7) is -1.10. The topological polar surface area (TPSA) is 144 Å². The van der Waals surface area contributed by atoms with Gasteiger partial charge in [-0.15, -0.1) is 0 Å². The largest absolute Gasteiger partial charge is 0.534 e. The molecular weight excluding hydrogens is 551 g/mol. The van der Waals surface area contributed by atoms with E-state index in [-0.39, 0.29) is 36.4 Å². The van der Waals surface area contributed by atoms with Crippen LogP contribution in [0, 0.1) is 0 Å². The maximum Gasteiger partial charge on any atom is 0.534 e. The number of alkyl halides is 3. The number of halogens is 3. The molecule has 0 saturated heterocycles. The van der Waals surface area contributed by atoms with E-state index in [0.717, 1.165) is 19.2 Å². The molecule has 12 nitrogen and oxygen atoms in total. The molecule has 2 aromatic carbocycles. The van der Waals surface area contributed by atoms with Crippen molar-refractivity contribution in [3.8, 4) is 23.0 Å². The Labute approximate surface area is 206 Å². The number of ether oxygens (including phenoxy) is 5. The number of benzene rings is 2. The van der Waals surface area contributed by atoms with Gasteiger partial charge in [-0.3, -0.25) is 4.31 Å². The average molecular weight is 565 g/mol. The van der Waals surface area contributed by atoms with E-state index in [2.05, 4.69) is 8.92 Å². The van der Waals surface area contributed by atoms with Crippen molar-refractivity contribution in [2.24, 2.45) is 0 Å². The van der Waals surface area contributed by atoms with Crippen molar-refractivity contribution < 1.29 is 62.7 Å². The zero-order chi connectivity index (χ0) is 26.8. The van der Waals surface area contributed by atoms with Crippen molar-refractivity contribution in [1.82, 2.24) is 4.31 Å². The van der Waals surface area contributed by atoms with Gasteiger partial charge in [0, 0.05) is 11.6 Å². The normalized spacial score (nSPS) is 17.5. The van der Waals surface area contributed by atoms with Crippen LogP contribution in [0.2, 0.25) is 0 Å². The highest BCUT2D eigenvalue weighted by atomic mass is 32.2. The molecule has 3 aliphatic rings. The molecule has 0 atom stereocenters. The fourth-order valence-electron chi connectivity index (χ4n) is 3.70. The molecule has 0 bridgehead atoms. The van der Waals surface area contributed by atoms with Gasteiger partial charge in [-0.2, -0.15) is 21.6 Å². The van der Waals surface area contributed by atoms with Gasteiger partial charge >= 0.3 is 21.6 Å². The van der Waals surface area contributed by atoms with Crippen molar-refractivity contribution in [3.05, 3.63) is 47.2 Å². The highest BCUT2D eigenvalue weighted by Gasteiger charge is 2.52. The van der Waals surface area contributed by atoms with Gasteiger partial charge < -0.3 is 27.9 Å². The Bertz CT molecular complexity index is 1570. The summed E-state index contributed by atoms with van der Waals surface area (Å²) in [5.74, 6) is -2.31. The molecule has 37 heavy (non-hydrogen) atoms. The summed E-state index contributed by atoms with van der Waals surface area (Å²) >= 11 is 0. The first-order chi connectivity index (χ1) is 17.3. The third kappa shape index (κ3) is 4.03. The number of methoxy groups -OCH3 is 1. The molecule has 17 heteroatoms. The third-order valence-corrected chi connectivity index (χ3v) is 8.11. The molecule has 0 aromatic heterocycles. The number of hydrogen-bond acceptors (Lipinski definition) is 11. The van der Waals surface area contributed by atoms with Gasteiger partial charge in [0.2, 0.25) is 13.6 Å². The van der Waals surface area contributed by atoms with Crippen molar-refractivity contribution in [3.63, 3.8) is 0 Å². The van der Waals surface area contributed by atoms with E-state index in [0.29, 0.717) is 10.1 Å². The van der Waals surface area contributed by atoms with E-state index >= 15 is 0 Å². The number of carbonyl (C=O) groups is 1. The fraction of sp³-hybridized carbons (Fsp3) is 0.250. The molecule has 198 valence electrons. The van der Waals surface area contributed by atoms with Crippen molar-refractivity contribution >= 4 is 31.9 Å². The lowest BCUT2D eigenvalue weighted by atomic mass is 10.1. The van der Waals surface area contributed by atoms with E-state index in [1.807, 2.05) is 0 Å². The SMILES string of the molecule is COC(=O)C1=C(OS(=O)(=O)C(F)(F)F)c2cc3c(cc2S(=O)(=O)N1Cc1ccc2c(c1)OCO2)OCO3. The summed E-state index contributed by atoms with van der Waals surface area (Å²) in [4.78, 5) is 12.1. The van der Waals surface area contributed by atoms with Crippen LogP contribution in [0.4, 0.5) is 13.2 Å². The minimum absolute atomic E-state index is 0.0788. The molecule has 0 amide bonds. The van der Waals surface area contributed by atoms with Crippen LogP contribution in [-0.2, 0) is 40.4 Å². The van der Waals surface area contributed by atoms with E-state index < -0.39 is 60.1 Å². The smallest absolute Gasteiger partial charge is 0.464 e. The second kappa shape index (κ2) is 8.34. The number of sulfonamides is 1. The molecule has 2 aromatic rings. The Morgan fingerprint density at radius 2 is 1.59 bits per heavy atom. The van der Waals surface area contributed by atoms with E-state index in [1.54, 1.807) is 0 Å². The summed E-state index contributed by atoms with van der Waals surface area (Å²) in [7, 11) is -10.3. The van der Waals surface area contributed by atoms with Crippen LogP contribution in [-0.4, -0.2) is 53.3 Å². The molecule has 3 aliphatic heterocycles.